The monoisotopic (exact) mass is 720 g/mol. The number of amides is 3. The maximum absolute atomic E-state index is 13.9. The number of carbonyl (C=O) groups excluding carboxylic acids is 3. The van der Waals surface area contributed by atoms with E-state index in [1.807, 2.05) is 64.4 Å². The molecule has 0 bridgehead atoms. The molecule has 0 aliphatic carbocycles. The van der Waals surface area contributed by atoms with Crippen LogP contribution in [0, 0.1) is 22.5 Å². The van der Waals surface area contributed by atoms with Gasteiger partial charge in [-0.15, -0.1) is 11.3 Å². The Bertz CT molecular complexity index is 1620. The summed E-state index contributed by atoms with van der Waals surface area (Å²) in [4.78, 5) is 57.7. The van der Waals surface area contributed by atoms with E-state index in [1.165, 1.54) is 17.0 Å². The summed E-state index contributed by atoms with van der Waals surface area (Å²) in [6.07, 6.45) is 5.21. The van der Waals surface area contributed by atoms with Crippen molar-refractivity contribution in [2.24, 2.45) is 5.41 Å². The van der Waals surface area contributed by atoms with E-state index in [4.69, 9.17) is 0 Å². The highest BCUT2D eigenvalue weighted by atomic mass is 32.1. The maximum Gasteiger partial charge on any atom is 0.269 e. The van der Waals surface area contributed by atoms with E-state index in [0.29, 0.717) is 12.8 Å². The number of unbranched alkanes of at least 4 members (excludes halogenated alkanes) is 5. The predicted octanol–water partition coefficient (Wildman–Crippen LogP) is 6.54. The minimum atomic E-state index is -0.853. The zero-order chi connectivity index (χ0) is 37.1. The summed E-state index contributed by atoms with van der Waals surface area (Å²) < 4.78 is 0. The van der Waals surface area contributed by atoms with E-state index in [1.54, 1.807) is 23.5 Å². The van der Waals surface area contributed by atoms with Gasteiger partial charge < -0.3 is 26.0 Å². The number of nitro benzene ring substituents is 1. The van der Waals surface area contributed by atoms with Crippen molar-refractivity contribution in [3.8, 4) is 10.4 Å². The zero-order valence-electron chi connectivity index (χ0n) is 30.3. The van der Waals surface area contributed by atoms with Gasteiger partial charge in [0.1, 0.15) is 12.1 Å². The number of aliphatic hydroxyl groups excluding tert-OH is 1. The lowest BCUT2D eigenvalue weighted by Gasteiger charge is -2.35. The lowest BCUT2D eigenvalue weighted by atomic mass is 9.85. The fourth-order valence-electron chi connectivity index (χ4n) is 6.30. The molecule has 3 amide bonds. The first-order chi connectivity index (χ1) is 24.2. The van der Waals surface area contributed by atoms with Crippen LogP contribution in [0.5, 0.6) is 0 Å². The van der Waals surface area contributed by atoms with Crippen molar-refractivity contribution in [2.75, 3.05) is 18.4 Å². The molecule has 51 heavy (non-hydrogen) atoms. The quantitative estimate of drug-likeness (QED) is 0.0693. The standard InChI is InChI=1S/C38H52N6O6S/c1-25(27-13-15-28(16-14-27)34-26(2)40-24-51-34)41-36(47)32-22-31(45)23-43(32)37(48)35(38(3,4)5)42-33(46)12-10-8-6-7-9-11-21-39-29-17-19-30(20-18-29)44(49)50/h13-20,24-25,31-32,35,39,45H,6-12,21-23H2,1-5H3,(H,41,47)(H,42,46)/t25-,31+,32-,35+/m0/s1. The number of hydrogen-bond donors (Lipinski definition) is 4. The fourth-order valence-corrected chi connectivity index (χ4v) is 7.11. The lowest BCUT2D eigenvalue weighted by Crippen LogP contribution is -2.57. The van der Waals surface area contributed by atoms with Crippen molar-refractivity contribution in [3.05, 3.63) is 75.4 Å². The lowest BCUT2D eigenvalue weighted by molar-refractivity contribution is -0.384. The van der Waals surface area contributed by atoms with E-state index in [9.17, 15) is 29.6 Å². The van der Waals surface area contributed by atoms with Crippen LogP contribution in [0.2, 0.25) is 0 Å². The number of nitro groups is 1. The van der Waals surface area contributed by atoms with Gasteiger partial charge in [0.15, 0.2) is 0 Å². The minimum absolute atomic E-state index is 0.0278. The van der Waals surface area contributed by atoms with Gasteiger partial charge in [0.2, 0.25) is 17.7 Å². The second-order valence-electron chi connectivity index (χ2n) is 14.5. The molecule has 1 aromatic heterocycles. The summed E-state index contributed by atoms with van der Waals surface area (Å²) in [7, 11) is 0. The Labute approximate surface area is 304 Å². The molecule has 12 nitrogen and oxygen atoms in total. The van der Waals surface area contributed by atoms with Gasteiger partial charge in [0.25, 0.3) is 5.69 Å². The first-order valence-electron chi connectivity index (χ1n) is 17.8. The number of likely N-dealkylation sites (tertiary alicyclic amines) is 1. The third kappa shape index (κ3) is 11.3. The molecular weight excluding hydrogens is 669 g/mol. The van der Waals surface area contributed by atoms with Crippen molar-refractivity contribution in [2.45, 2.75) is 110 Å². The smallest absolute Gasteiger partial charge is 0.269 e. The van der Waals surface area contributed by atoms with Crippen LogP contribution in [-0.4, -0.2) is 68.9 Å². The second kappa shape index (κ2) is 18.2. The van der Waals surface area contributed by atoms with Crippen molar-refractivity contribution in [3.63, 3.8) is 0 Å². The SMILES string of the molecule is Cc1ncsc1-c1ccc([C@H](C)NC(=O)[C@@H]2C[C@@H](O)CN2C(=O)[C@@H](NC(=O)CCCCCCCCNc2ccc([N+](=O)[O-])cc2)C(C)(C)C)cc1. The zero-order valence-corrected chi connectivity index (χ0v) is 31.1. The van der Waals surface area contributed by atoms with Crippen LogP contribution in [0.4, 0.5) is 11.4 Å². The molecule has 13 heteroatoms. The van der Waals surface area contributed by atoms with E-state index in [-0.39, 0.29) is 42.4 Å². The van der Waals surface area contributed by atoms with Gasteiger partial charge in [0.05, 0.1) is 33.2 Å². The molecule has 1 aliphatic rings. The molecule has 0 radical (unpaired) electrons. The van der Waals surface area contributed by atoms with Crippen molar-refractivity contribution in [1.82, 2.24) is 20.5 Å². The molecule has 2 heterocycles. The average Bonchev–Trinajstić information content (AvgIpc) is 3.71. The molecule has 276 valence electrons. The average molecular weight is 721 g/mol. The molecular formula is C38H52N6O6S. The number of β-amino-alcohol motifs (C(OH)–C–C–N with tert-alkyl or cyclic N) is 1. The third-order valence-electron chi connectivity index (χ3n) is 9.30. The summed E-state index contributed by atoms with van der Waals surface area (Å²) in [5, 5.41) is 30.6. The highest BCUT2D eigenvalue weighted by molar-refractivity contribution is 7.13. The fraction of sp³-hybridized carbons (Fsp3) is 0.526. The molecule has 4 atom stereocenters. The first kappa shape index (κ1) is 39.4. The number of anilines is 1. The number of nitrogens with one attached hydrogen (secondary N) is 3. The van der Waals surface area contributed by atoms with Crippen LogP contribution in [0.3, 0.4) is 0 Å². The van der Waals surface area contributed by atoms with Gasteiger partial charge in [-0.05, 0) is 55.4 Å². The molecule has 1 aliphatic heterocycles. The van der Waals surface area contributed by atoms with Crippen LogP contribution in [0.25, 0.3) is 10.4 Å². The largest absolute Gasteiger partial charge is 0.391 e. The maximum atomic E-state index is 13.9. The number of benzene rings is 2. The molecule has 4 N–H and O–H groups in total. The van der Waals surface area contributed by atoms with Gasteiger partial charge in [-0.1, -0.05) is 70.7 Å². The number of aliphatic hydroxyl groups is 1. The predicted molar refractivity (Wildman–Crippen MR) is 200 cm³/mol. The third-order valence-corrected chi connectivity index (χ3v) is 10.3. The summed E-state index contributed by atoms with van der Waals surface area (Å²) in [5.41, 5.74) is 5.08. The highest BCUT2D eigenvalue weighted by Crippen LogP contribution is 2.30. The molecule has 2 aromatic carbocycles. The number of hydrogen-bond acceptors (Lipinski definition) is 9. The van der Waals surface area contributed by atoms with E-state index in [2.05, 4.69) is 20.9 Å². The molecule has 1 fully saturated rings. The second-order valence-corrected chi connectivity index (χ2v) is 15.3. The molecule has 0 unspecified atom stereocenters. The minimum Gasteiger partial charge on any atom is -0.391 e. The summed E-state index contributed by atoms with van der Waals surface area (Å²) in [6.45, 7) is 10.3. The van der Waals surface area contributed by atoms with Crippen molar-refractivity contribution < 1.29 is 24.4 Å². The topological polar surface area (TPSA) is 167 Å². The van der Waals surface area contributed by atoms with Gasteiger partial charge in [0, 0.05) is 43.8 Å². The Hall–Kier alpha value is -4.36. The Morgan fingerprint density at radius 3 is 2.25 bits per heavy atom. The molecule has 0 spiro atoms. The van der Waals surface area contributed by atoms with Crippen LogP contribution in [-0.2, 0) is 14.4 Å². The van der Waals surface area contributed by atoms with Crippen LogP contribution >= 0.6 is 11.3 Å². The van der Waals surface area contributed by atoms with Crippen molar-refractivity contribution >= 4 is 40.4 Å². The summed E-state index contributed by atoms with van der Waals surface area (Å²) in [5.74, 6) is -0.912. The first-order valence-corrected chi connectivity index (χ1v) is 18.7. The van der Waals surface area contributed by atoms with E-state index in [0.717, 1.165) is 66.0 Å². The van der Waals surface area contributed by atoms with Gasteiger partial charge >= 0.3 is 0 Å². The van der Waals surface area contributed by atoms with Gasteiger partial charge in [-0.3, -0.25) is 24.5 Å². The van der Waals surface area contributed by atoms with Gasteiger partial charge in [-0.2, -0.15) is 0 Å². The highest BCUT2D eigenvalue weighted by Gasteiger charge is 2.44. The molecule has 1 saturated heterocycles. The van der Waals surface area contributed by atoms with Crippen molar-refractivity contribution in [1.29, 1.82) is 0 Å². The molecule has 0 saturated carbocycles. The number of carbonyl (C=O) groups is 3. The van der Waals surface area contributed by atoms with E-state index >= 15 is 0 Å². The number of aromatic nitrogens is 1. The number of rotatable bonds is 17. The van der Waals surface area contributed by atoms with Crippen LogP contribution in [0.1, 0.15) is 96.4 Å². The Balaban J connectivity index is 1.21. The van der Waals surface area contributed by atoms with E-state index < -0.39 is 28.5 Å². The van der Waals surface area contributed by atoms with Crippen LogP contribution < -0.4 is 16.0 Å². The Morgan fingerprint density at radius 1 is 1.00 bits per heavy atom. The summed E-state index contributed by atoms with van der Waals surface area (Å²) >= 11 is 1.58. The van der Waals surface area contributed by atoms with Gasteiger partial charge in [-0.25, -0.2) is 4.98 Å². The molecule has 3 aromatic rings. The number of non-ortho nitro benzene ring substituents is 1. The van der Waals surface area contributed by atoms with Crippen LogP contribution in [0.15, 0.2) is 54.0 Å². The Morgan fingerprint density at radius 2 is 1.65 bits per heavy atom. The summed E-state index contributed by atoms with van der Waals surface area (Å²) in [6, 6.07) is 12.3. The number of aryl methyl sites for hydroxylation is 1. The Kier molecular flexibility index (Phi) is 14.1. The number of thiazole rings is 1. The molecule has 4 rings (SSSR count). The number of nitrogens with zero attached hydrogens (tertiary/aromatic N) is 3. The normalized spacial score (nSPS) is 17.1.